The quantitative estimate of drug-likeness (QED) is 0.311. The molecule has 1 N–H and O–H groups in total. The first kappa shape index (κ1) is 23.1. The minimum Gasteiger partial charge on any atom is -0.508 e. The van der Waals surface area contributed by atoms with Gasteiger partial charge in [0.25, 0.3) is 0 Å². The first-order valence-corrected chi connectivity index (χ1v) is 11.9. The fraction of sp³-hybridized carbons (Fsp3) is 0.333. The van der Waals surface area contributed by atoms with E-state index >= 15 is 0 Å². The third-order valence-electron chi connectivity index (χ3n) is 6.50. The Labute approximate surface area is 196 Å². The predicted octanol–water partition coefficient (Wildman–Crippen LogP) is 8.27. The molecule has 0 saturated carbocycles. The van der Waals surface area contributed by atoms with E-state index < -0.39 is 0 Å². The van der Waals surface area contributed by atoms with Gasteiger partial charge >= 0.3 is 0 Å². The zero-order valence-corrected chi connectivity index (χ0v) is 20.2. The summed E-state index contributed by atoms with van der Waals surface area (Å²) in [4.78, 5) is 0. The largest absolute Gasteiger partial charge is 0.508 e. The molecule has 0 heterocycles. The molecule has 0 aromatic heterocycles. The van der Waals surface area contributed by atoms with E-state index in [4.69, 9.17) is 4.74 Å². The van der Waals surface area contributed by atoms with Gasteiger partial charge in [-0.3, -0.25) is 0 Å². The van der Waals surface area contributed by atoms with Gasteiger partial charge in [0, 0.05) is 6.42 Å². The lowest BCUT2D eigenvalue weighted by molar-refractivity contribution is 0.320. The van der Waals surface area contributed by atoms with Gasteiger partial charge in [0.05, 0.1) is 6.61 Å². The first-order valence-electron chi connectivity index (χ1n) is 11.9. The van der Waals surface area contributed by atoms with E-state index in [-0.39, 0.29) is 17.5 Å². The van der Waals surface area contributed by atoms with Crippen molar-refractivity contribution in [2.24, 2.45) is 0 Å². The van der Waals surface area contributed by atoms with E-state index in [1.807, 2.05) is 0 Å². The molecule has 4 rings (SSSR count). The van der Waals surface area contributed by atoms with Gasteiger partial charge in [-0.05, 0) is 92.4 Å². The van der Waals surface area contributed by atoms with Crippen LogP contribution in [0.15, 0.2) is 54.6 Å². The van der Waals surface area contributed by atoms with Gasteiger partial charge in [0.15, 0.2) is 0 Å². The van der Waals surface area contributed by atoms with Crippen LogP contribution in [-0.4, -0.2) is 11.7 Å². The summed E-state index contributed by atoms with van der Waals surface area (Å²) < 4.78 is 21.1. The molecule has 0 aliphatic carbocycles. The monoisotopic (exact) mass is 444 g/mol. The van der Waals surface area contributed by atoms with E-state index in [1.54, 1.807) is 18.2 Å². The number of aryl methyl sites for hydroxylation is 1. The maximum atomic E-state index is 14.9. The van der Waals surface area contributed by atoms with Crippen molar-refractivity contribution in [3.63, 3.8) is 0 Å². The van der Waals surface area contributed by atoms with Gasteiger partial charge in [0.1, 0.15) is 17.3 Å². The first-order chi connectivity index (χ1) is 15.8. The van der Waals surface area contributed by atoms with Crippen molar-refractivity contribution in [1.82, 2.24) is 0 Å². The Bertz CT molecular complexity index is 1300. The number of fused-ring (bicyclic) bond motifs is 2. The number of rotatable bonds is 7. The van der Waals surface area contributed by atoms with E-state index in [0.29, 0.717) is 24.5 Å². The van der Waals surface area contributed by atoms with Crippen LogP contribution < -0.4 is 4.74 Å². The number of benzene rings is 4. The van der Waals surface area contributed by atoms with Gasteiger partial charge in [0.2, 0.25) is 0 Å². The topological polar surface area (TPSA) is 29.5 Å². The summed E-state index contributed by atoms with van der Waals surface area (Å²) >= 11 is 0. The summed E-state index contributed by atoms with van der Waals surface area (Å²) in [5.41, 5.74) is 4.24. The SMILES string of the molecule is CCc1cccc2cc(OCCc3c(F)ccc4cc(O)cc(C(C)C)c34)cc(C(C)C)c12. The maximum Gasteiger partial charge on any atom is 0.127 e. The van der Waals surface area contributed by atoms with Gasteiger partial charge in [-0.15, -0.1) is 0 Å². The highest BCUT2D eigenvalue weighted by Gasteiger charge is 2.16. The molecule has 2 nitrogen and oxygen atoms in total. The number of ether oxygens (including phenoxy) is 1. The highest BCUT2D eigenvalue weighted by atomic mass is 19.1. The van der Waals surface area contributed by atoms with E-state index in [2.05, 4.69) is 65.0 Å². The molecule has 0 bridgehead atoms. The fourth-order valence-electron chi connectivity index (χ4n) is 4.85. The summed E-state index contributed by atoms with van der Waals surface area (Å²) in [7, 11) is 0. The minimum absolute atomic E-state index is 0.169. The number of phenols is 1. The van der Waals surface area contributed by atoms with Crippen molar-refractivity contribution in [1.29, 1.82) is 0 Å². The average Bonchev–Trinajstić information content (AvgIpc) is 2.78. The molecule has 0 unspecified atom stereocenters. The van der Waals surface area contributed by atoms with Crippen LogP contribution in [0.3, 0.4) is 0 Å². The van der Waals surface area contributed by atoms with Crippen molar-refractivity contribution < 1.29 is 14.2 Å². The van der Waals surface area contributed by atoms with Crippen molar-refractivity contribution in [2.45, 2.75) is 59.3 Å². The lowest BCUT2D eigenvalue weighted by Gasteiger charge is -2.18. The highest BCUT2D eigenvalue weighted by molar-refractivity contribution is 5.91. The Morgan fingerprint density at radius 3 is 2.24 bits per heavy atom. The second kappa shape index (κ2) is 9.43. The lowest BCUT2D eigenvalue weighted by atomic mass is 9.91. The molecule has 3 heteroatoms. The summed E-state index contributed by atoms with van der Waals surface area (Å²) in [5, 5.41) is 14.4. The molecule has 33 heavy (non-hydrogen) atoms. The molecule has 0 radical (unpaired) electrons. The molecule has 4 aromatic rings. The Balaban J connectivity index is 1.67. The molecule has 0 saturated heterocycles. The molecular formula is C30H33FO2. The normalized spacial score (nSPS) is 11.8. The van der Waals surface area contributed by atoms with Gasteiger partial charge in [-0.1, -0.05) is 58.9 Å². The number of hydrogen-bond donors (Lipinski definition) is 1. The number of phenolic OH excluding ortho intramolecular Hbond substituents is 1. The number of hydrogen-bond acceptors (Lipinski definition) is 2. The third kappa shape index (κ3) is 4.55. The van der Waals surface area contributed by atoms with E-state index in [1.165, 1.54) is 28.0 Å². The zero-order chi connectivity index (χ0) is 23.7. The van der Waals surface area contributed by atoms with Crippen LogP contribution in [-0.2, 0) is 12.8 Å². The van der Waals surface area contributed by atoms with Gasteiger partial charge in [-0.25, -0.2) is 4.39 Å². The molecule has 0 fully saturated rings. The van der Waals surface area contributed by atoms with Crippen LogP contribution >= 0.6 is 0 Å². The van der Waals surface area contributed by atoms with Crippen molar-refractivity contribution in [3.8, 4) is 11.5 Å². The Kier molecular flexibility index (Phi) is 6.60. The van der Waals surface area contributed by atoms with Crippen molar-refractivity contribution in [2.75, 3.05) is 6.61 Å². The van der Waals surface area contributed by atoms with E-state index in [9.17, 15) is 9.50 Å². The van der Waals surface area contributed by atoms with E-state index in [0.717, 1.165) is 28.5 Å². The minimum atomic E-state index is -0.229. The van der Waals surface area contributed by atoms with Crippen LogP contribution in [0, 0.1) is 5.82 Å². The van der Waals surface area contributed by atoms with Crippen molar-refractivity contribution >= 4 is 21.5 Å². The summed E-state index contributed by atoms with van der Waals surface area (Å²) in [6, 6.07) is 17.4. The van der Waals surface area contributed by atoms with Crippen LogP contribution in [0.5, 0.6) is 11.5 Å². The molecular weight excluding hydrogens is 411 g/mol. The van der Waals surface area contributed by atoms with Crippen LogP contribution in [0.2, 0.25) is 0 Å². The standard InChI is InChI=1S/C30H33FO2/c1-6-20-8-7-9-21-15-24(17-27(19(4)5)29(20)21)33-13-12-25-28(31)11-10-22-14-23(32)16-26(18(2)3)30(22)25/h7-11,14-19,32H,6,12-13H2,1-5H3. The Morgan fingerprint density at radius 1 is 0.848 bits per heavy atom. The molecule has 0 spiro atoms. The summed E-state index contributed by atoms with van der Waals surface area (Å²) in [6.07, 6.45) is 1.45. The van der Waals surface area contributed by atoms with Crippen LogP contribution in [0.25, 0.3) is 21.5 Å². The fourth-order valence-corrected chi connectivity index (χ4v) is 4.85. The van der Waals surface area contributed by atoms with Gasteiger partial charge < -0.3 is 9.84 Å². The lowest BCUT2D eigenvalue weighted by Crippen LogP contribution is -2.06. The van der Waals surface area contributed by atoms with Crippen LogP contribution in [0.4, 0.5) is 4.39 Å². The smallest absolute Gasteiger partial charge is 0.127 e. The second-order valence-corrected chi connectivity index (χ2v) is 9.45. The second-order valence-electron chi connectivity index (χ2n) is 9.45. The zero-order valence-electron chi connectivity index (χ0n) is 20.2. The Morgan fingerprint density at radius 2 is 1.55 bits per heavy atom. The summed E-state index contributed by atoms with van der Waals surface area (Å²) in [6.45, 7) is 11.1. The average molecular weight is 445 g/mol. The molecule has 0 atom stereocenters. The van der Waals surface area contributed by atoms with Crippen molar-refractivity contribution in [3.05, 3.63) is 82.7 Å². The number of halogens is 1. The predicted molar refractivity (Wildman–Crippen MR) is 136 cm³/mol. The van der Waals surface area contributed by atoms with Gasteiger partial charge in [-0.2, -0.15) is 0 Å². The molecule has 4 aromatic carbocycles. The molecule has 0 aliphatic heterocycles. The maximum absolute atomic E-state index is 14.9. The highest BCUT2D eigenvalue weighted by Crippen LogP contribution is 2.35. The molecule has 172 valence electrons. The Hall–Kier alpha value is -3.07. The van der Waals surface area contributed by atoms with Crippen LogP contribution in [0.1, 0.15) is 68.7 Å². The number of aromatic hydroxyl groups is 1. The molecule has 0 amide bonds. The molecule has 0 aliphatic rings. The third-order valence-corrected chi connectivity index (χ3v) is 6.50. The summed E-state index contributed by atoms with van der Waals surface area (Å²) in [5.74, 6) is 1.35.